The molecule has 1 N–H and O–H groups in total. The van der Waals surface area contributed by atoms with Crippen LogP contribution in [0.15, 0.2) is 48.5 Å². The monoisotopic (exact) mass is 291 g/mol. The van der Waals surface area contributed by atoms with E-state index in [1.807, 2.05) is 42.3 Å². The molecular weight excluding hydrogens is 272 g/mol. The van der Waals surface area contributed by atoms with E-state index in [0.29, 0.717) is 12.0 Å². The van der Waals surface area contributed by atoms with Gasteiger partial charge in [0, 0.05) is 24.8 Å². The van der Waals surface area contributed by atoms with Crippen molar-refractivity contribution in [2.45, 2.75) is 19.0 Å². The molecular formula is C17H19F2NO. The standard InChI is InChI=1S/C17H19F2NO/c1-20(12-14-8-5-9-15(18)17(14)19)16(10-11-21)13-6-3-2-4-7-13/h2-9,16,21H,10-12H2,1H3. The Kier molecular flexibility index (Phi) is 5.42. The van der Waals surface area contributed by atoms with Crippen molar-refractivity contribution in [1.82, 2.24) is 4.90 Å². The quantitative estimate of drug-likeness (QED) is 0.880. The van der Waals surface area contributed by atoms with E-state index in [-0.39, 0.29) is 19.2 Å². The van der Waals surface area contributed by atoms with Crippen molar-refractivity contribution in [3.8, 4) is 0 Å². The number of nitrogens with zero attached hydrogens (tertiary/aromatic N) is 1. The topological polar surface area (TPSA) is 23.5 Å². The Balaban J connectivity index is 2.19. The number of hydrogen-bond donors (Lipinski definition) is 1. The summed E-state index contributed by atoms with van der Waals surface area (Å²) in [6.07, 6.45) is 0.539. The second kappa shape index (κ2) is 7.29. The van der Waals surface area contributed by atoms with Gasteiger partial charge in [-0.2, -0.15) is 0 Å². The summed E-state index contributed by atoms with van der Waals surface area (Å²) in [6.45, 7) is 0.318. The minimum absolute atomic E-state index is 0.0372. The van der Waals surface area contributed by atoms with Crippen LogP contribution in [0.1, 0.15) is 23.6 Å². The molecule has 2 aromatic carbocycles. The number of halogens is 2. The normalized spacial score (nSPS) is 12.6. The smallest absolute Gasteiger partial charge is 0.163 e. The van der Waals surface area contributed by atoms with Gasteiger partial charge in [0.05, 0.1) is 0 Å². The van der Waals surface area contributed by atoms with Gasteiger partial charge >= 0.3 is 0 Å². The molecule has 21 heavy (non-hydrogen) atoms. The molecule has 0 saturated carbocycles. The Bertz CT molecular complexity index is 574. The zero-order chi connectivity index (χ0) is 15.2. The second-order valence-electron chi connectivity index (χ2n) is 5.07. The van der Waals surface area contributed by atoms with Gasteiger partial charge in [-0.15, -0.1) is 0 Å². The zero-order valence-electron chi connectivity index (χ0n) is 12.0. The van der Waals surface area contributed by atoms with Crippen LogP contribution in [0.25, 0.3) is 0 Å². The van der Waals surface area contributed by atoms with Crippen LogP contribution in [0.5, 0.6) is 0 Å². The molecule has 1 unspecified atom stereocenters. The van der Waals surface area contributed by atoms with Crippen LogP contribution in [0.4, 0.5) is 8.78 Å². The number of benzene rings is 2. The van der Waals surface area contributed by atoms with Gasteiger partial charge in [-0.3, -0.25) is 4.90 Å². The van der Waals surface area contributed by atoms with Crippen molar-refractivity contribution in [3.63, 3.8) is 0 Å². The first-order valence-corrected chi connectivity index (χ1v) is 6.92. The Morgan fingerprint density at radius 1 is 1.05 bits per heavy atom. The Hall–Kier alpha value is -1.78. The van der Waals surface area contributed by atoms with Gasteiger partial charge in [0.25, 0.3) is 0 Å². The van der Waals surface area contributed by atoms with Gasteiger partial charge in [-0.25, -0.2) is 8.78 Å². The SMILES string of the molecule is CN(Cc1cccc(F)c1F)C(CCO)c1ccccc1. The van der Waals surface area contributed by atoms with E-state index in [2.05, 4.69) is 0 Å². The summed E-state index contributed by atoms with van der Waals surface area (Å²) in [4.78, 5) is 1.92. The molecule has 2 nitrogen and oxygen atoms in total. The first-order valence-electron chi connectivity index (χ1n) is 6.92. The van der Waals surface area contributed by atoms with Crippen LogP contribution < -0.4 is 0 Å². The molecule has 0 bridgehead atoms. The van der Waals surface area contributed by atoms with E-state index >= 15 is 0 Å². The highest BCUT2D eigenvalue weighted by molar-refractivity contribution is 5.21. The van der Waals surface area contributed by atoms with Gasteiger partial charge in [-0.05, 0) is 25.1 Å². The maximum atomic E-state index is 13.8. The lowest BCUT2D eigenvalue weighted by atomic mass is 10.0. The molecule has 2 aromatic rings. The molecule has 0 fully saturated rings. The van der Waals surface area contributed by atoms with Crippen molar-refractivity contribution in [2.75, 3.05) is 13.7 Å². The molecule has 0 aliphatic heterocycles. The van der Waals surface area contributed by atoms with E-state index in [9.17, 15) is 13.9 Å². The third-order valence-corrected chi connectivity index (χ3v) is 3.57. The van der Waals surface area contributed by atoms with Gasteiger partial charge in [0.15, 0.2) is 11.6 Å². The molecule has 4 heteroatoms. The molecule has 0 saturated heterocycles. The minimum atomic E-state index is -0.834. The summed E-state index contributed by atoms with van der Waals surface area (Å²) < 4.78 is 27.0. The first kappa shape index (κ1) is 15.6. The number of aliphatic hydroxyl groups excluding tert-OH is 1. The second-order valence-corrected chi connectivity index (χ2v) is 5.07. The molecule has 0 spiro atoms. The Labute approximate surface area is 123 Å². The Morgan fingerprint density at radius 3 is 2.43 bits per heavy atom. The molecule has 2 rings (SSSR count). The lowest BCUT2D eigenvalue weighted by Gasteiger charge is -2.28. The maximum absolute atomic E-state index is 13.8. The van der Waals surface area contributed by atoms with E-state index in [1.54, 1.807) is 6.07 Å². The van der Waals surface area contributed by atoms with Crippen LogP contribution in [-0.4, -0.2) is 23.7 Å². The third-order valence-electron chi connectivity index (χ3n) is 3.57. The number of rotatable bonds is 6. The van der Waals surface area contributed by atoms with Crippen LogP contribution in [0, 0.1) is 11.6 Å². The number of hydrogen-bond acceptors (Lipinski definition) is 2. The van der Waals surface area contributed by atoms with E-state index in [4.69, 9.17) is 0 Å². The molecule has 0 heterocycles. The average molecular weight is 291 g/mol. The predicted octanol–water partition coefficient (Wildman–Crippen LogP) is 3.52. The van der Waals surface area contributed by atoms with Crippen LogP contribution >= 0.6 is 0 Å². The lowest BCUT2D eigenvalue weighted by molar-refractivity contribution is 0.178. The average Bonchev–Trinajstić information content (AvgIpc) is 2.50. The summed E-state index contributed by atoms with van der Waals surface area (Å²) in [5.41, 5.74) is 1.36. The highest BCUT2D eigenvalue weighted by atomic mass is 19.2. The molecule has 0 aliphatic rings. The van der Waals surface area contributed by atoms with Crippen molar-refractivity contribution in [2.24, 2.45) is 0 Å². The summed E-state index contributed by atoms with van der Waals surface area (Å²) >= 11 is 0. The van der Waals surface area contributed by atoms with Crippen LogP contribution in [-0.2, 0) is 6.54 Å². The lowest BCUT2D eigenvalue weighted by Crippen LogP contribution is -2.25. The van der Waals surface area contributed by atoms with E-state index < -0.39 is 11.6 Å². The minimum Gasteiger partial charge on any atom is -0.396 e. The van der Waals surface area contributed by atoms with Gasteiger partial charge in [0.1, 0.15) is 0 Å². The zero-order valence-corrected chi connectivity index (χ0v) is 12.0. The summed E-state index contributed by atoms with van der Waals surface area (Å²) in [5, 5.41) is 9.25. The summed E-state index contributed by atoms with van der Waals surface area (Å²) in [6, 6.07) is 13.9. The van der Waals surface area contributed by atoms with Gasteiger partial charge < -0.3 is 5.11 Å². The predicted molar refractivity (Wildman–Crippen MR) is 78.7 cm³/mol. The van der Waals surface area contributed by atoms with Crippen molar-refractivity contribution >= 4 is 0 Å². The highest BCUT2D eigenvalue weighted by Crippen LogP contribution is 2.25. The van der Waals surface area contributed by atoms with Gasteiger partial charge in [0.2, 0.25) is 0 Å². The van der Waals surface area contributed by atoms with E-state index in [0.717, 1.165) is 11.6 Å². The molecule has 0 aliphatic carbocycles. The van der Waals surface area contributed by atoms with Crippen molar-refractivity contribution in [3.05, 3.63) is 71.3 Å². The maximum Gasteiger partial charge on any atom is 0.163 e. The van der Waals surface area contributed by atoms with Gasteiger partial charge in [-0.1, -0.05) is 42.5 Å². The molecule has 112 valence electrons. The van der Waals surface area contributed by atoms with Crippen molar-refractivity contribution in [1.29, 1.82) is 0 Å². The van der Waals surface area contributed by atoms with Crippen LogP contribution in [0.2, 0.25) is 0 Å². The highest BCUT2D eigenvalue weighted by Gasteiger charge is 2.18. The third kappa shape index (κ3) is 3.86. The molecule has 0 radical (unpaired) electrons. The van der Waals surface area contributed by atoms with Crippen molar-refractivity contribution < 1.29 is 13.9 Å². The largest absolute Gasteiger partial charge is 0.396 e. The molecule has 1 atom stereocenters. The Morgan fingerprint density at radius 2 is 1.76 bits per heavy atom. The molecule has 0 aromatic heterocycles. The fraction of sp³-hybridized carbons (Fsp3) is 0.294. The molecule has 0 amide bonds. The van der Waals surface area contributed by atoms with E-state index in [1.165, 1.54) is 6.07 Å². The fourth-order valence-electron chi connectivity index (χ4n) is 2.49. The van der Waals surface area contributed by atoms with Crippen LogP contribution in [0.3, 0.4) is 0 Å². The summed E-state index contributed by atoms with van der Waals surface area (Å²) in [5.74, 6) is -1.64. The fourth-order valence-corrected chi connectivity index (χ4v) is 2.49. The number of aliphatic hydroxyl groups is 1. The summed E-state index contributed by atoms with van der Waals surface area (Å²) in [7, 11) is 1.84. The first-order chi connectivity index (χ1) is 10.1.